The van der Waals surface area contributed by atoms with E-state index >= 15 is 0 Å². The van der Waals surface area contributed by atoms with Crippen LogP contribution < -0.4 is 41.0 Å². The molecule has 16 rings (SSSR count). The summed E-state index contributed by atoms with van der Waals surface area (Å²) in [5, 5.41) is 71.0. The van der Waals surface area contributed by atoms with E-state index in [0.717, 1.165) is 55.2 Å². The highest BCUT2D eigenvalue weighted by Gasteiger charge is 2.62. The number of hydrogen-bond acceptors (Lipinski definition) is 31. The van der Waals surface area contributed by atoms with Crippen molar-refractivity contribution in [2.75, 3.05) is 22.1 Å². The number of anilines is 4. The van der Waals surface area contributed by atoms with E-state index in [0.29, 0.717) is 129 Å². The molecule has 8 aliphatic rings. The molecule has 4 saturated carbocycles. The van der Waals surface area contributed by atoms with Crippen molar-refractivity contribution in [2.45, 2.75) is 357 Å². The summed E-state index contributed by atoms with van der Waals surface area (Å²) in [6.07, 6.45) is -4.79. The van der Waals surface area contributed by atoms with Crippen molar-refractivity contribution >= 4 is 34.9 Å². The Kier molecular flexibility index (Phi) is 30.2. The Hall–Kier alpha value is -10.5. The molecular formula is C90H116F12N16O16. The summed E-state index contributed by atoms with van der Waals surface area (Å²) < 4.78 is 223. The number of aliphatic hydroxyl groups is 4. The maximum Gasteiger partial charge on any atom is 0.426 e. The average molecular weight is 1910 g/mol. The first kappa shape index (κ1) is 101. The molecule has 10 N–H and O–H groups in total. The van der Waals surface area contributed by atoms with Crippen LogP contribution >= 0.6 is 0 Å². The van der Waals surface area contributed by atoms with Crippen molar-refractivity contribution in [1.29, 1.82) is 0 Å². The predicted molar refractivity (Wildman–Crippen MR) is 456 cm³/mol. The summed E-state index contributed by atoms with van der Waals surface area (Å²) >= 11 is 0. The zero-order valence-corrected chi connectivity index (χ0v) is 76.3. The molecule has 0 saturated heterocycles. The van der Waals surface area contributed by atoms with Crippen LogP contribution in [0.1, 0.15) is 293 Å². The van der Waals surface area contributed by atoms with Crippen LogP contribution in [0.5, 0.6) is 23.5 Å². The molecule has 32 nitrogen and oxygen atoms in total. The summed E-state index contributed by atoms with van der Waals surface area (Å²) in [6, 6.07) is 6.28. The molecule has 8 atom stereocenters. The van der Waals surface area contributed by atoms with Crippen LogP contribution in [0.25, 0.3) is 46.3 Å². The molecule has 4 fully saturated rings. The topological polar surface area (TPSA) is 459 Å². The van der Waals surface area contributed by atoms with Gasteiger partial charge < -0.3 is 83.7 Å². The fourth-order valence-corrected chi connectivity index (χ4v) is 16.2. The number of aromatic nitrogens is 12. The minimum absolute atomic E-state index is 0.0427. The van der Waals surface area contributed by atoms with Crippen LogP contribution in [-0.2, 0) is 31.9 Å². The SMILES string of the molecule is Cc1cc(N(C(=O)OC(C)(C)C)C(=O)OC(C)(C)C)c2nc1OC(CC1CC1)CCCCC[C@](O)(C(F)(F)F)c1nnc-2o1.Cc1cc(N)c2nc1OC(CC1CC1)CCCCC[C@](O)(C(F)(F)F)c1nnc-2o1.Cc1cc(N)c2nc1OC(CC1CC1)CCCCC[C@](O)(C(F)(F)F)c1nnc-2o1.Cc1cc(N)c2nc1OC(CC1CC1)CCCCC[C@](O)(C(F)(F)F)c1nnc-2o1. The minimum atomic E-state index is -5.13. The van der Waals surface area contributed by atoms with E-state index in [4.69, 9.17) is 63.3 Å². The third kappa shape index (κ3) is 24.7. The minimum Gasteiger partial charge on any atom is -0.474 e. The molecule has 44 heteroatoms. The molecule has 4 unspecified atom stereocenters. The Bertz CT molecular complexity index is 5010. The molecule has 4 aliphatic heterocycles. The van der Waals surface area contributed by atoms with Gasteiger partial charge in [0.15, 0.2) is 22.8 Å². The number of nitrogen functional groups attached to an aromatic ring is 3. The van der Waals surface area contributed by atoms with E-state index in [1.54, 1.807) is 87.4 Å². The first-order valence-corrected chi connectivity index (χ1v) is 45.6. The molecule has 16 bridgehead atoms. The first-order chi connectivity index (χ1) is 62.8. The van der Waals surface area contributed by atoms with Gasteiger partial charge in [-0.2, -0.15) is 57.6 Å². The standard InChI is InChI=1S/C30H41F3N4O7.3C20H25F3N4O3/c1-17-15-20(37(25(38)43-27(2,3)4)26(39)44-28(5,6)7)21-23-35-36-24(42-23)29(40,30(31,32)33)14-10-8-9-11-19(16-18-12-13-18)41-22(17)34-21;3*1-11-9-14(24)15-17-26-27-18(30-17)19(28,20(21,22)23)8-4-2-3-5-13(10-12-6-7-12)29-16(11)25-15/h15,18-19,40H,8-14,16H2,1-7H3;3*9,12-13,28H,2-8,10,24H2,1H3/t19?,29-;3*13?,19-/m1111/s1. The van der Waals surface area contributed by atoms with Gasteiger partial charge in [0.05, 0.1) is 22.7 Å². The Morgan fingerprint density at radius 1 is 0.351 bits per heavy atom. The van der Waals surface area contributed by atoms with E-state index in [1.807, 2.05) is 0 Å². The van der Waals surface area contributed by atoms with Crippen molar-refractivity contribution in [3.63, 3.8) is 0 Å². The molecular weight excluding hydrogens is 1790 g/mol. The molecule has 2 amide bonds. The molecule has 736 valence electrons. The third-order valence-electron chi connectivity index (χ3n) is 24.5. The monoisotopic (exact) mass is 1900 g/mol. The number of pyridine rings is 4. The summed E-state index contributed by atoms with van der Waals surface area (Å²) in [6.45, 7) is 16.7. The molecule has 0 radical (unpaired) electrons. The maximum atomic E-state index is 14.2. The van der Waals surface area contributed by atoms with Gasteiger partial charge in [-0.1, -0.05) is 77.0 Å². The van der Waals surface area contributed by atoms with E-state index in [9.17, 15) is 82.7 Å². The molecule has 0 spiro atoms. The number of rotatable bonds is 9. The first-order valence-electron chi connectivity index (χ1n) is 45.6. The highest BCUT2D eigenvalue weighted by atomic mass is 19.4. The van der Waals surface area contributed by atoms with E-state index in [1.165, 1.54) is 44.6 Å². The number of nitrogens with two attached hydrogens (primary N) is 3. The number of ether oxygens (including phenoxy) is 6. The number of imide groups is 1. The third-order valence-corrected chi connectivity index (χ3v) is 24.5. The zero-order valence-electron chi connectivity index (χ0n) is 76.3. The largest absolute Gasteiger partial charge is 0.474 e. The van der Waals surface area contributed by atoms with Crippen LogP contribution in [0.2, 0.25) is 0 Å². The maximum absolute atomic E-state index is 14.2. The van der Waals surface area contributed by atoms with Gasteiger partial charge in [0.25, 0.3) is 47.1 Å². The lowest BCUT2D eigenvalue weighted by Crippen LogP contribution is -2.44. The van der Waals surface area contributed by atoms with Gasteiger partial charge >= 0.3 is 36.9 Å². The van der Waals surface area contributed by atoms with Crippen LogP contribution in [-0.4, -0.2) is 154 Å². The van der Waals surface area contributed by atoms with Gasteiger partial charge in [0.1, 0.15) is 35.6 Å². The highest BCUT2D eigenvalue weighted by molar-refractivity contribution is 6.11. The number of hydrogen-bond donors (Lipinski definition) is 7. The fraction of sp³-hybridized carbons (Fsp3) is 0.667. The van der Waals surface area contributed by atoms with Crippen molar-refractivity contribution in [2.24, 2.45) is 23.7 Å². The van der Waals surface area contributed by atoms with Gasteiger partial charge in [0, 0.05) is 22.3 Å². The Morgan fingerprint density at radius 2 is 0.575 bits per heavy atom. The number of alkyl halides is 12. The number of carbonyl (C=O) groups excluding carboxylic acids is 2. The number of nitrogens with zero attached hydrogens (tertiary/aromatic N) is 13. The van der Waals surface area contributed by atoms with E-state index in [-0.39, 0.29) is 119 Å². The molecule has 134 heavy (non-hydrogen) atoms. The number of carbonyl (C=O) groups is 2. The summed E-state index contributed by atoms with van der Waals surface area (Å²) in [5.41, 5.74) is 5.61. The Balaban J connectivity index is 0.000000154. The summed E-state index contributed by atoms with van der Waals surface area (Å²) in [5.74, 6) is -1.68. The van der Waals surface area contributed by atoms with Crippen LogP contribution in [0.3, 0.4) is 0 Å². The molecule has 4 aliphatic carbocycles. The molecule has 8 aromatic heterocycles. The molecule has 12 heterocycles. The van der Waals surface area contributed by atoms with Crippen molar-refractivity contribution in [3.05, 3.63) is 70.1 Å². The molecule has 0 aromatic carbocycles. The lowest BCUT2D eigenvalue weighted by atomic mass is 9.94. The lowest BCUT2D eigenvalue weighted by molar-refractivity contribution is -0.277. The van der Waals surface area contributed by atoms with Crippen LogP contribution in [0.15, 0.2) is 41.9 Å². The van der Waals surface area contributed by atoms with E-state index < -0.39 is 126 Å². The van der Waals surface area contributed by atoms with Crippen LogP contribution in [0.4, 0.5) is 85.0 Å². The fourth-order valence-electron chi connectivity index (χ4n) is 16.2. The highest BCUT2D eigenvalue weighted by Crippen LogP contribution is 2.51. The normalized spacial score (nSPS) is 24.2. The quantitative estimate of drug-likeness (QED) is 0.0660. The summed E-state index contributed by atoms with van der Waals surface area (Å²) in [7, 11) is 0. The zero-order chi connectivity index (χ0) is 97.2. The Labute approximate surface area is 764 Å². The van der Waals surface area contributed by atoms with E-state index in [2.05, 4.69) is 60.7 Å². The Morgan fingerprint density at radius 3 is 0.799 bits per heavy atom. The number of amides is 2. The second kappa shape index (κ2) is 40.0. The van der Waals surface area contributed by atoms with Gasteiger partial charge in [0.2, 0.25) is 45.9 Å². The molecule has 8 aromatic rings. The van der Waals surface area contributed by atoms with Crippen molar-refractivity contribution in [3.8, 4) is 69.9 Å². The second-order valence-corrected chi connectivity index (χ2v) is 38.6. The predicted octanol–water partition coefficient (Wildman–Crippen LogP) is 20.2. The van der Waals surface area contributed by atoms with Crippen molar-refractivity contribution < 1.29 is 129 Å². The van der Waals surface area contributed by atoms with Gasteiger partial charge in [-0.15, -0.1) is 40.8 Å². The van der Waals surface area contributed by atoms with Crippen molar-refractivity contribution in [1.82, 2.24) is 60.7 Å². The second-order valence-electron chi connectivity index (χ2n) is 38.6. The number of aryl methyl sites for hydroxylation is 4. The number of fused-ring (bicyclic) bond motifs is 20. The lowest BCUT2D eigenvalue weighted by Gasteiger charge is -2.29. The summed E-state index contributed by atoms with van der Waals surface area (Å²) in [4.78, 5) is 45.3. The van der Waals surface area contributed by atoms with Crippen LogP contribution in [0, 0.1) is 51.4 Å². The van der Waals surface area contributed by atoms with Gasteiger partial charge in [-0.05, 0) is 246 Å². The number of halogens is 12. The smallest absolute Gasteiger partial charge is 0.426 e. The van der Waals surface area contributed by atoms with Gasteiger partial charge in [-0.3, -0.25) is 0 Å². The van der Waals surface area contributed by atoms with Gasteiger partial charge in [-0.25, -0.2) is 29.5 Å². The average Bonchev–Trinajstić information content (AvgIpc) is 1.57.